The summed E-state index contributed by atoms with van der Waals surface area (Å²) in [6.07, 6.45) is -0.575. The van der Waals surface area contributed by atoms with Gasteiger partial charge in [-0.05, 0) is 24.1 Å². The molecule has 0 heterocycles. The summed E-state index contributed by atoms with van der Waals surface area (Å²) in [7, 11) is 0. The molecule has 0 fully saturated rings. The molecule has 1 aromatic rings. The van der Waals surface area contributed by atoms with Crippen LogP contribution < -0.4 is 5.32 Å². The van der Waals surface area contributed by atoms with Gasteiger partial charge in [0.2, 0.25) is 0 Å². The maximum Gasteiger partial charge on any atom is 0.127 e. The lowest BCUT2D eigenvalue weighted by atomic mass is 10.2. The molecule has 1 unspecified atom stereocenters. The Labute approximate surface area is 122 Å². The maximum atomic E-state index is 13.4. The van der Waals surface area contributed by atoms with E-state index in [1.54, 1.807) is 12.1 Å². The molecule has 19 heavy (non-hydrogen) atoms. The summed E-state index contributed by atoms with van der Waals surface area (Å²) < 4.78 is 19.6. The van der Waals surface area contributed by atoms with Gasteiger partial charge in [0.25, 0.3) is 0 Å². The predicted molar refractivity (Wildman–Crippen MR) is 77.5 cm³/mol. The van der Waals surface area contributed by atoms with Crippen molar-refractivity contribution in [1.29, 1.82) is 0 Å². The molecule has 108 valence electrons. The fourth-order valence-electron chi connectivity index (χ4n) is 1.55. The van der Waals surface area contributed by atoms with Crippen molar-refractivity contribution in [2.24, 2.45) is 5.92 Å². The van der Waals surface area contributed by atoms with Gasteiger partial charge >= 0.3 is 0 Å². The van der Waals surface area contributed by atoms with Crippen LogP contribution in [0.3, 0.4) is 0 Å². The minimum atomic E-state index is -0.575. The van der Waals surface area contributed by atoms with Gasteiger partial charge in [-0.25, -0.2) is 4.39 Å². The highest BCUT2D eigenvalue weighted by Gasteiger charge is 2.06. The average molecular weight is 334 g/mol. The molecule has 0 saturated carbocycles. The molecule has 0 amide bonds. The van der Waals surface area contributed by atoms with E-state index in [0.717, 1.165) is 4.47 Å². The summed E-state index contributed by atoms with van der Waals surface area (Å²) in [5.41, 5.74) is 0.574. The van der Waals surface area contributed by atoms with Crippen LogP contribution in [0.25, 0.3) is 0 Å². The van der Waals surface area contributed by atoms with E-state index in [-0.39, 0.29) is 5.82 Å². The molecule has 0 saturated heterocycles. The van der Waals surface area contributed by atoms with Gasteiger partial charge in [0.05, 0.1) is 12.7 Å². The Balaban J connectivity index is 2.24. The van der Waals surface area contributed by atoms with E-state index in [9.17, 15) is 9.50 Å². The van der Waals surface area contributed by atoms with E-state index < -0.39 is 6.10 Å². The Kier molecular flexibility index (Phi) is 7.53. The lowest BCUT2D eigenvalue weighted by Crippen LogP contribution is -2.30. The zero-order valence-electron chi connectivity index (χ0n) is 11.3. The van der Waals surface area contributed by atoms with E-state index in [4.69, 9.17) is 4.74 Å². The monoisotopic (exact) mass is 333 g/mol. The normalized spacial score (nSPS) is 12.9. The third-order valence-electron chi connectivity index (χ3n) is 2.46. The smallest absolute Gasteiger partial charge is 0.127 e. The fourth-order valence-corrected chi connectivity index (χ4v) is 1.96. The highest BCUT2D eigenvalue weighted by Crippen LogP contribution is 2.15. The summed E-state index contributed by atoms with van der Waals surface area (Å²) in [6, 6.07) is 4.81. The Bertz CT molecular complexity index is 388. The van der Waals surface area contributed by atoms with Crippen LogP contribution in [0.1, 0.15) is 19.4 Å². The van der Waals surface area contributed by atoms with Gasteiger partial charge in [0, 0.05) is 29.7 Å². The van der Waals surface area contributed by atoms with Crippen molar-refractivity contribution in [2.75, 3.05) is 19.8 Å². The Morgan fingerprint density at radius 2 is 2.11 bits per heavy atom. The minimum Gasteiger partial charge on any atom is -0.389 e. The zero-order valence-corrected chi connectivity index (χ0v) is 12.9. The zero-order chi connectivity index (χ0) is 14.3. The Hall–Kier alpha value is -0.490. The molecule has 0 aliphatic rings. The number of halogens is 2. The lowest BCUT2D eigenvalue weighted by molar-refractivity contribution is 0.0260. The molecule has 0 bridgehead atoms. The molecule has 1 aromatic carbocycles. The summed E-state index contributed by atoms with van der Waals surface area (Å²) in [5.74, 6) is 0.206. The van der Waals surface area contributed by atoms with Crippen LogP contribution in [0.15, 0.2) is 22.7 Å². The quantitative estimate of drug-likeness (QED) is 0.768. The van der Waals surface area contributed by atoms with E-state index >= 15 is 0 Å². The van der Waals surface area contributed by atoms with Crippen LogP contribution >= 0.6 is 15.9 Å². The highest BCUT2D eigenvalue weighted by molar-refractivity contribution is 9.10. The Morgan fingerprint density at radius 3 is 2.79 bits per heavy atom. The molecule has 0 spiro atoms. The Morgan fingerprint density at radius 1 is 1.37 bits per heavy atom. The van der Waals surface area contributed by atoms with E-state index in [1.165, 1.54) is 6.07 Å². The number of rotatable bonds is 8. The standard InChI is InChI=1S/C14H21BrFNO2/c1-10(2)8-19-9-13(18)7-17-6-11-5-12(15)3-4-14(11)16/h3-5,10,13,17-18H,6-9H2,1-2H3. The number of ether oxygens (including phenoxy) is 1. The van der Waals surface area contributed by atoms with Crippen molar-refractivity contribution in [1.82, 2.24) is 5.32 Å². The van der Waals surface area contributed by atoms with Crippen LogP contribution in [0.2, 0.25) is 0 Å². The largest absolute Gasteiger partial charge is 0.389 e. The van der Waals surface area contributed by atoms with Crippen LogP contribution in [-0.2, 0) is 11.3 Å². The maximum absolute atomic E-state index is 13.4. The van der Waals surface area contributed by atoms with E-state index in [0.29, 0.717) is 37.8 Å². The summed E-state index contributed by atoms with van der Waals surface area (Å²) >= 11 is 3.30. The predicted octanol–water partition coefficient (Wildman–Crippen LogP) is 2.71. The fraction of sp³-hybridized carbons (Fsp3) is 0.571. The first-order chi connectivity index (χ1) is 8.99. The van der Waals surface area contributed by atoms with Gasteiger partial charge in [-0.15, -0.1) is 0 Å². The highest BCUT2D eigenvalue weighted by atomic mass is 79.9. The number of hydrogen-bond donors (Lipinski definition) is 2. The van der Waals surface area contributed by atoms with Crippen LogP contribution in [0.4, 0.5) is 4.39 Å². The minimum absolute atomic E-state index is 0.249. The molecule has 0 aromatic heterocycles. The van der Waals surface area contributed by atoms with Crippen LogP contribution in [-0.4, -0.2) is 31.0 Å². The lowest BCUT2D eigenvalue weighted by Gasteiger charge is -2.13. The van der Waals surface area contributed by atoms with E-state index in [1.807, 2.05) is 0 Å². The summed E-state index contributed by atoms with van der Waals surface area (Å²) in [5, 5.41) is 12.7. The molecular formula is C14H21BrFNO2. The second kappa shape index (κ2) is 8.64. The third-order valence-corrected chi connectivity index (χ3v) is 2.96. The van der Waals surface area contributed by atoms with Gasteiger partial charge < -0.3 is 15.2 Å². The molecule has 0 aliphatic heterocycles. The van der Waals surface area contributed by atoms with Crippen LogP contribution in [0, 0.1) is 11.7 Å². The first-order valence-electron chi connectivity index (χ1n) is 6.39. The SMILES string of the molecule is CC(C)COCC(O)CNCc1cc(Br)ccc1F. The molecule has 1 rings (SSSR count). The van der Waals surface area contributed by atoms with Gasteiger partial charge in [0.15, 0.2) is 0 Å². The number of nitrogens with one attached hydrogen (secondary N) is 1. The molecule has 0 aliphatic carbocycles. The molecule has 5 heteroatoms. The van der Waals surface area contributed by atoms with Gasteiger partial charge in [-0.1, -0.05) is 29.8 Å². The second-order valence-electron chi connectivity index (χ2n) is 4.95. The third kappa shape index (κ3) is 7.01. The van der Waals surface area contributed by atoms with Crippen molar-refractivity contribution in [3.05, 3.63) is 34.1 Å². The number of benzene rings is 1. The summed E-state index contributed by atoms with van der Waals surface area (Å²) in [4.78, 5) is 0. The number of aliphatic hydroxyl groups is 1. The van der Waals surface area contributed by atoms with Gasteiger partial charge in [-0.3, -0.25) is 0 Å². The first kappa shape index (κ1) is 16.6. The first-order valence-corrected chi connectivity index (χ1v) is 7.18. The average Bonchev–Trinajstić information content (AvgIpc) is 2.33. The van der Waals surface area contributed by atoms with Crippen molar-refractivity contribution in [2.45, 2.75) is 26.5 Å². The number of hydrogen-bond acceptors (Lipinski definition) is 3. The number of aliphatic hydroxyl groups excluding tert-OH is 1. The van der Waals surface area contributed by atoms with Crippen LogP contribution in [0.5, 0.6) is 0 Å². The van der Waals surface area contributed by atoms with Crippen molar-refractivity contribution in [3.8, 4) is 0 Å². The van der Waals surface area contributed by atoms with Gasteiger partial charge in [0.1, 0.15) is 5.82 Å². The molecular weight excluding hydrogens is 313 g/mol. The molecule has 3 nitrogen and oxygen atoms in total. The molecule has 1 atom stereocenters. The van der Waals surface area contributed by atoms with E-state index in [2.05, 4.69) is 35.1 Å². The van der Waals surface area contributed by atoms with Crippen molar-refractivity contribution < 1.29 is 14.2 Å². The topological polar surface area (TPSA) is 41.5 Å². The van der Waals surface area contributed by atoms with Crippen molar-refractivity contribution in [3.63, 3.8) is 0 Å². The second-order valence-corrected chi connectivity index (χ2v) is 5.87. The molecule has 2 N–H and O–H groups in total. The van der Waals surface area contributed by atoms with Crippen molar-refractivity contribution >= 4 is 15.9 Å². The molecule has 0 radical (unpaired) electrons. The summed E-state index contributed by atoms with van der Waals surface area (Å²) in [6.45, 7) is 5.81. The van der Waals surface area contributed by atoms with Gasteiger partial charge in [-0.2, -0.15) is 0 Å².